The minimum atomic E-state index is 0.738. The summed E-state index contributed by atoms with van der Waals surface area (Å²) in [4.78, 5) is 0. The Hall–Kier alpha value is -1.28. The van der Waals surface area contributed by atoms with E-state index in [4.69, 9.17) is 16.8 Å². The first-order valence-corrected chi connectivity index (χ1v) is 5.85. The van der Waals surface area contributed by atoms with Crippen molar-refractivity contribution in [2.45, 2.75) is 25.7 Å². The standard InChI is InChI=1S/C13H14ClNO/c14-12-7-5-10(6-8-12)9-11-3-1-2-4-13(11)15-16/h5-9,16H,1-4H2/b11-9?,15-13-. The van der Waals surface area contributed by atoms with E-state index >= 15 is 0 Å². The number of halogens is 1. The second kappa shape index (κ2) is 5.17. The van der Waals surface area contributed by atoms with E-state index in [-0.39, 0.29) is 0 Å². The van der Waals surface area contributed by atoms with Gasteiger partial charge in [0.1, 0.15) is 0 Å². The summed E-state index contributed by atoms with van der Waals surface area (Å²) in [6, 6.07) is 7.68. The van der Waals surface area contributed by atoms with Crippen molar-refractivity contribution in [3.63, 3.8) is 0 Å². The van der Waals surface area contributed by atoms with Gasteiger partial charge >= 0.3 is 0 Å². The highest BCUT2D eigenvalue weighted by Crippen LogP contribution is 2.23. The first-order chi connectivity index (χ1) is 7.79. The Labute approximate surface area is 100 Å². The maximum absolute atomic E-state index is 8.91. The van der Waals surface area contributed by atoms with Gasteiger partial charge in [0.2, 0.25) is 0 Å². The molecule has 0 aliphatic heterocycles. The summed E-state index contributed by atoms with van der Waals surface area (Å²) in [7, 11) is 0. The predicted molar refractivity (Wildman–Crippen MR) is 67.1 cm³/mol. The fourth-order valence-corrected chi connectivity index (χ4v) is 2.07. The van der Waals surface area contributed by atoms with E-state index in [0.717, 1.165) is 41.1 Å². The van der Waals surface area contributed by atoms with Crippen LogP contribution in [0.4, 0.5) is 0 Å². The van der Waals surface area contributed by atoms with Crippen LogP contribution in [0.1, 0.15) is 31.2 Å². The van der Waals surface area contributed by atoms with Gasteiger partial charge in [-0.15, -0.1) is 0 Å². The van der Waals surface area contributed by atoms with Crippen molar-refractivity contribution in [2.75, 3.05) is 0 Å². The molecule has 0 unspecified atom stereocenters. The molecular weight excluding hydrogens is 222 g/mol. The van der Waals surface area contributed by atoms with E-state index in [1.807, 2.05) is 24.3 Å². The molecule has 0 spiro atoms. The van der Waals surface area contributed by atoms with E-state index < -0.39 is 0 Å². The molecule has 2 nitrogen and oxygen atoms in total. The van der Waals surface area contributed by atoms with Gasteiger partial charge < -0.3 is 5.21 Å². The third kappa shape index (κ3) is 2.64. The molecule has 1 N–H and O–H groups in total. The summed E-state index contributed by atoms with van der Waals surface area (Å²) in [6.07, 6.45) is 6.21. The third-order valence-electron chi connectivity index (χ3n) is 2.81. The van der Waals surface area contributed by atoms with Gasteiger partial charge in [-0.2, -0.15) is 0 Å². The van der Waals surface area contributed by atoms with E-state index in [1.165, 1.54) is 6.42 Å². The quantitative estimate of drug-likeness (QED) is 0.576. The zero-order chi connectivity index (χ0) is 11.4. The summed E-state index contributed by atoms with van der Waals surface area (Å²) >= 11 is 5.83. The largest absolute Gasteiger partial charge is 0.411 e. The van der Waals surface area contributed by atoms with Crippen LogP contribution in [0.2, 0.25) is 5.02 Å². The van der Waals surface area contributed by atoms with Crippen molar-refractivity contribution < 1.29 is 5.21 Å². The van der Waals surface area contributed by atoms with Gasteiger partial charge in [-0.3, -0.25) is 0 Å². The highest BCUT2D eigenvalue weighted by Gasteiger charge is 2.13. The summed E-state index contributed by atoms with van der Waals surface area (Å²) < 4.78 is 0. The lowest BCUT2D eigenvalue weighted by atomic mass is 9.91. The lowest BCUT2D eigenvalue weighted by molar-refractivity contribution is 0.316. The van der Waals surface area contributed by atoms with Crippen LogP contribution in [0.25, 0.3) is 6.08 Å². The lowest BCUT2D eigenvalue weighted by Crippen LogP contribution is -2.08. The molecule has 2 rings (SSSR count). The van der Waals surface area contributed by atoms with E-state index in [9.17, 15) is 0 Å². The molecule has 1 aliphatic rings. The van der Waals surface area contributed by atoms with E-state index in [1.54, 1.807) is 0 Å². The second-order valence-corrected chi connectivity index (χ2v) is 4.41. The number of rotatable bonds is 1. The Morgan fingerprint density at radius 1 is 1.12 bits per heavy atom. The van der Waals surface area contributed by atoms with Crippen LogP contribution >= 0.6 is 11.6 Å². The molecule has 0 radical (unpaired) electrons. The summed E-state index contributed by atoms with van der Waals surface area (Å²) in [6.45, 7) is 0. The van der Waals surface area contributed by atoms with Crippen LogP contribution in [0.3, 0.4) is 0 Å². The maximum atomic E-state index is 8.91. The van der Waals surface area contributed by atoms with Crippen molar-refractivity contribution in [3.8, 4) is 0 Å². The van der Waals surface area contributed by atoms with Crippen LogP contribution < -0.4 is 0 Å². The van der Waals surface area contributed by atoms with Gasteiger partial charge in [-0.05, 0) is 55.0 Å². The first kappa shape index (κ1) is 11.2. The molecular formula is C13H14ClNO. The lowest BCUT2D eigenvalue weighted by Gasteiger charge is -2.15. The van der Waals surface area contributed by atoms with E-state index in [0.29, 0.717) is 0 Å². The van der Waals surface area contributed by atoms with E-state index in [2.05, 4.69) is 11.2 Å². The van der Waals surface area contributed by atoms with Crippen LogP contribution in [-0.4, -0.2) is 10.9 Å². The third-order valence-corrected chi connectivity index (χ3v) is 3.06. The molecule has 1 saturated carbocycles. The van der Waals surface area contributed by atoms with Gasteiger partial charge in [0.15, 0.2) is 0 Å². The zero-order valence-corrected chi connectivity index (χ0v) is 9.74. The molecule has 1 aromatic rings. The molecule has 0 saturated heterocycles. The smallest absolute Gasteiger partial charge is 0.0827 e. The fraction of sp³-hybridized carbons (Fsp3) is 0.308. The molecule has 3 heteroatoms. The molecule has 84 valence electrons. The van der Waals surface area contributed by atoms with Gasteiger partial charge in [0, 0.05) is 5.02 Å². The molecule has 1 aromatic carbocycles. The number of allylic oxidation sites excluding steroid dienone is 1. The molecule has 0 heterocycles. The molecule has 0 bridgehead atoms. The molecule has 1 fully saturated rings. The molecule has 0 aromatic heterocycles. The van der Waals surface area contributed by atoms with Crippen molar-refractivity contribution in [3.05, 3.63) is 40.4 Å². The monoisotopic (exact) mass is 235 g/mol. The number of hydrogen-bond donors (Lipinski definition) is 1. The summed E-state index contributed by atoms with van der Waals surface area (Å²) in [5.74, 6) is 0. The SMILES string of the molecule is O/N=C1/CCCCC1=Cc1ccc(Cl)cc1. The summed E-state index contributed by atoms with van der Waals surface area (Å²) in [5, 5.41) is 13.0. The average molecular weight is 236 g/mol. The van der Waals surface area contributed by atoms with Gasteiger partial charge in [0.25, 0.3) is 0 Å². The van der Waals surface area contributed by atoms with Crippen LogP contribution in [0, 0.1) is 0 Å². The van der Waals surface area contributed by atoms with Crippen LogP contribution in [0.15, 0.2) is 35.0 Å². The number of hydrogen-bond acceptors (Lipinski definition) is 2. The van der Waals surface area contributed by atoms with Crippen molar-refractivity contribution >= 4 is 23.4 Å². The Balaban J connectivity index is 2.25. The number of oxime groups is 1. The normalized spacial score (nSPS) is 21.6. The van der Waals surface area contributed by atoms with Gasteiger partial charge in [-0.1, -0.05) is 28.9 Å². The van der Waals surface area contributed by atoms with Crippen LogP contribution in [0.5, 0.6) is 0 Å². The fourth-order valence-electron chi connectivity index (χ4n) is 1.94. The Bertz CT molecular complexity index is 420. The topological polar surface area (TPSA) is 32.6 Å². The Morgan fingerprint density at radius 2 is 1.81 bits per heavy atom. The van der Waals surface area contributed by atoms with Crippen molar-refractivity contribution in [1.29, 1.82) is 0 Å². The van der Waals surface area contributed by atoms with Gasteiger partial charge in [-0.25, -0.2) is 0 Å². The zero-order valence-electron chi connectivity index (χ0n) is 8.99. The van der Waals surface area contributed by atoms with Crippen molar-refractivity contribution in [1.82, 2.24) is 0 Å². The van der Waals surface area contributed by atoms with Gasteiger partial charge in [0.05, 0.1) is 5.71 Å². The number of benzene rings is 1. The Kier molecular flexibility index (Phi) is 3.62. The first-order valence-electron chi connectivity index (χ1n) is 5.47. The predicted octanol–water partition coefficient (Wildman–Crippen LogP) is 4.13. The Morgan fingerprint density at radius 3 is 2.50 bits per heavy atom. The second-order valence-electron chi connectivity index (χ2n) is 3.97. The van der Waals surface area contributed by atoms with Crippen molar-refractivity contribution in [2.24, 2.45) is 5.16 Å². The maximum Gasteiger partial charge on any atom is 0.0827 e. The molecule has 16 heavy (non-hydrogen) atoms. The molecule has 0 amide bonds. The summed E-state index contributed by atoms with van der Waals surface area (Å²) in [5.41, 5.74) is 3.06. The highest BCUT2D eigenvalue weighted by atomic mass is 35.5. The number of nitrogens with zero attached hydrogens (tertiary/aromatic N) is 1. The average Bonchev–Trinajstić information content (AvgIpc) is 2.33. The molecule has 0 atom stereocenters. The molecule has 1 aliphatic carbocycles. The minimum absolute atomic E-state index is 0.738. The minimum Gasteiger partial charge on any atom is -0.411 e. The highest BCUT2D eigenvalue weighted by molar-refractivity contribution is 6.30. The van der Waals surface area contributed by atoms with Crippen LogP contribution in [-0.2, 0) is 0 Å².